The van der Waals surface area contributed by atoms with Crippen molar-refractivity contribution in [1.29, 1.82) is 0 Å². The van der Waals surface area contributed by atoms with Gasteiger partial charge in [-0.25, -0.2) is 0 Å². The van der Waals surface area contributed by atoms with E-state index in [2.05, 4.69) is 17.6 Å². The van der Waals surface area contributed by atoms with Gasteiger partial charge < -0.3 is 15.4 Å². The topological polar surface area (TPSA) is 33.3 Å². The van der Waals surface area contributed by atoms with Crippen LogP contribution in [-0.2, 0) is 4.74 Å². The zero-order valence-corrected chi connectivity index (χ0v) is 10.6. The molecule has 2 N–H and O–H groups in total. The lowest BCUT2D eigenvalue weighted by Crippen LogP contribution is -2.38. The summed E-state index contributed by atoms with van der Waals surface area (Å²) in [6, 6.07) is 0. The Labute approximate surface area is 99.3 Å². The summed E-state index contributed by atoms with van der Waals surface area (Å²) in [5.41, 5.74) is 0.119. The molecular formula is C13H26N2O. The van der Waals surface area contributed by atoms with E-state index in [4.69, 9.17) is 4.74 Å². The largest absolute Gasteiger partial charge is 0.374 e. The van der Waals surface area contributed by atoms with Gasteiger partial charge in [-0.15, -0.1) is 0 Å². The number of rotatable bonds is 5. The van der Waals surface area contributed by atoms with E-state index in [9.17, 15) is 0 Å². The van der Waals surface area contributed by atoms with Gasteiger partial charge in [0.1, 0.15) is 0 Å². The van der Waals surface area contributed by atoms with Crippen LogP contribution in [0.5, 0.6) is 0 Å². The lowest BCUT2D eigenvalue weighted by molar-refractivity contribution is 0.0207. The number of nitrogens with one attached hydrogen (secondary N) is 2. The smallest absolute Gasteiger partial charge is 0.0779 e. The molecule has 2 fully saturated rings. The highest BCUT2D eigenvalue weighted by Crippen LogP contribution is 2.24. The van der Waals surface area contributed by atoms with Crippen molar-refractivity contribution in [2.24, 2.45) is 5.92 Å². The molecule has 1 unspecified atom stereocenters. The van der Waals surface area contributed by atoms with Crippen LogP contribution in [0.4, 0.5) is 0 Å². The standard InChI is InChI=1S/C13H26N2O/c1-13(6-2-10-16-13)11-15-9-5-12-3-7-14-8-4-12/h12,14-15H,2-11H2,1H3. The minimum Gasteiger partial charge on any atom is -0.374 e. The molecule has 0 saturated carbocycles. The Kier molecular flexibility index (Phi) is 4.62. The van der Waals surface area contributed by atoms with Crippen LogP contribution in [0.1, 0.15) is 39.0 Å². The maximum absolute atomic E-state index is 5.76. The molecule has 0 bridgehead atoms. The number of hydrogen-bond acceptors (Lipinski definition) is 3. The molecule has 0 amide bonds. The first-order valence-electron chi connectivity index (χ1n) is 6.84. The molecule has 2 aliphatic heterocycles. The highest BCUT2D eigenvalue weighted by atomic mass is 16.5. The average molecular weight is 226 g/mol. The molecule has 0 aromatic heterocycles. The maximum atomic E-state index is 5.76. The van der Waals surface area contributed by atoms with Crippen LogP contribution in [0.25, 0.3) is 0 Å². The maximum Gasteiger partial charge on any atom is 0.0779 e. The van der Waals surface area contributed by atoms with Crippen LogP contribution < -0.4 is 10.6 Å². The van der Waals surface area contributed by atoms with Gasteiger partial charge in [0.15, 0.2) is 0 Å². The van der Waals surface area contributed by atoms with Gasteiger partial charge in [-0.2, -0.15) is 0 Å². The van der Waals surface area contributed by atoms with Crippen molar-refractivity contribution in [1.82, 2.24) is 10.6 Å². The molecule has 3 heteroatoms. The lowest BCUT2D eigenvalue weighted by atomic mass is 9.94. The van der Waals surface area contributed by atoms with E-state index in [0.29, 0.717) is 0 Å². The number of hydrogen-bond donors (Lipinski definition) is 2. The Hall–Kier alpha value is -0.120. The molecule has 16 heavy (non-hydrogen) atoms. The Bertz CT molecular complexity index is 196. The van der Waals surface area contributed by atoms with E-state index >= 15 is 0 Å². The molecule has 0 aromatic carbocycles. The van der Waals surface area contributed by atoms with E-state index in [-0.39, 0.29) is 5.60 Å². The van der Waals surface area contributed by atoms with Gasteiger partial charge in [0.2, 0.25) is 0 Å². The zero-order valence-electron chi connectivity index (χ0n) is 10.6. The molecule has 2 aliphatic rings. The van der Waals surface area contributed by atoms with Crippen molar-refractivity contribution in [2.75, 3.05) is 32.8 Å². The van der Waals surface area contributed by atoms with E-state index in [1.165, 1.54) is 45.2 Å². The minimum absolute atomic E-state index is 0.119. The van der Waals surface area contributed by atoms with Crippen molar-refractivity contribution in [3.63, 3.8) is 0 Å². The molecule has 0 aliphatic carbocycles. The van der Waals surface area contributed by atoms with Crippen LogP contribution >= 0.6 is 0 Å². The first-order chi connectivity index (χ1) is 7.79. The van der Waals surface area contributed by atoms with E-state index in [1.807, 2.05) is 0 Å². The molecule has 2 rings (SSSR count). The van der Waals surface area contributed by atoms with Crippen molar-refractivity contribution in [3.8, 4) is 0 Å². The average Bonchev–Trinajstić information content (AvgIpc) is 2.74. The van der Waals surface area contributed by atoms with Crippen LogP contribution in [0.3, 0.4) is 0 Å². The zero-order chi connectivity index (χ0) is 11.3. The summed E-state index contributed by atoms with van der Waals surface area (Å²) in [6.07, 6.45) is 6.49. The van der Waals surface area contributed by atoms with Crippen LogP contribution in [0.2, 0.25) is 0 Å². The van der Waals surface area contributed by atoms with Crippen molar-refractivity contribution < 1.29 is 4.74 Å². The molecule has 0 spiro atoms. The molecular weight excluding hydrogens is 200 g/mol. The highest BCUT2D eigenvalue weighted by Gasteiger charge is 2.28. The van der Waals surface area contributed by atoms with Gasteiger partial charge in [0.05, 0.1) is 5.60 Å². The third-order valence-corrected chi connectivity index (χ3v) is 3.99. The molecule has 2 heterocycles. The predicted molar refractivity (Wildman–Crippen MR) is 66.7 cm³/mol. The van der Waals surface area contributed by atoms with Gasteiger partial charge in [0.25, 0.3) is 0 Å². The second-order valence-electron chi connectivity index (χ2n) is 5.56. The second-order valence-corrected chi connectivity index (χ2v) is 5.56. The third kappa shape index (κ3) is 3.72. The van der Waals surface area contributed by atoms with Gasteiger partial charge in [-0.1, -0.05) is 0 Å². The lowest BCUT2D eigenvalue weighted by Gasteiger charge is -2.25. The van der Waals surface area contributed by atoms with Gasteiger partial charge in [-0.3, -0.25) is 0 Å². The van der Waals surface area contributed by atoms with Crippen LogP contribution in [0, 0.1) is 5.92 Å². The number of ether oxygens (including phenoxy) is 1. The molecule has 0 radical (unpaired) electrons. The van der Waals surface area contributed by atoms with E-state index < -0.39 is 0 Å². The summed E-state index contributed by atoms with van der Waals surface area (Å²) < 4.78 is 5.76. The summed E-state index contributed by atoms with van der Waals surface area (Å²) >= 11 is 0. The van der Waals surface area contributed by atoms with E-state index in [0.717, 1.165) is 25.6 Å². The summed E-state index contributed by atoms with van der Waals surface area (Å²) in [4.78, 5) is 0. The summed E-state index contributed by atoms with van der Waals surface area (Å²) in [5, 5.41) is 6.99. The number of piperidine rings is 1. The highest BCUT2D eigenvalue weighted by molar-refractivity contribution is 4.82. The Morgan fingerprint density at radius 3 is 2.88 bits per heavy atom. The summed E-state index contributed by atoms with van der Waals surface area (Å²) in [6.45, 7) is 7.79. The summed E-state index contributed by atoms with van der Waals surface area (Å²) in [7, 11) is 0. The van der Waals surface area contributed by atoms with Crippen molar-refractivity contribution >= 4 is 0 Å². The molecule has 94 valence electrons. The Morgan fingerprint density at radius 1 is 1.38 bits per heavy atom. The normalized spacial score (nSPS) is 32.1. The summed E-state index contributed by atoms with van der Waals surface area (Å²) in [5.74, 6) is 0.936. The Balaban J connectivity index is 1.54. The molecule has 2 saturated heterocycles. The van der Waals surface area contributed by atoms with Gasteiger partial charge >= 0.3 is 0 Å². The fourth-order valence-corrected chi connectivity index (χ4v) is 2.81. The first kappa shape index (κ1) is 12.3. The van der Waals surface area contributed by atoms with Gasteiger partial charge in [0, 0.05) is 13.2 Å². The monoisotopic (exact) mass is 226 g/mol. The predicted octanol–water partition coefficient (Wildman–Crippen LogP) is 1.53. The SMILES string of the molecule is CC1(CNCCC2CCNCC2)CCCO1. The van der Waals surface area contributed by atoms with Crippen molar-refractivity contribution in [2.45, 2.75) is 44.6 Å². The Morgan fingerprint density at radius 2 is 2.19 bits per heavy atom. The van der Waals surface area contributed by atoms with Crippen molar-refractivity contribution in [3.05, 3.63) is 0 Å². The van der Waals surface area contributed by atoms with Gasteiger partial charge in [-0.05, 0) is 64.6 Å². The molecule has 1 atom stereocenters. The fourth-order valence-electron chi connectivity index (χ4n) is 2.81. The fraction of sp³-hybridized carbons (Fsp3) is 1.00. The second kappa shape index (κ2) is 5.99. The molecule has 3 nitrogen and oxygen atoms in total. The minimum atomic E-state index is 0.119. The molecule has 0 aromatic rings. The van der Waals surface area contributed by atoms with Crippen LogP contribution in [0.15, 0.2) is 0 Å². The van der Waals surface area contributed by atoms with Crippen LogP contribution in [-0.4, -0.2) is 38.4 Å². The first-order valence-corrected chi connectivity index (χ1v) is 6.84. The van der Waals surface area contributed by atoms with E-state index in [1.54, 1.807) is 0 Å². The third-order valence-electron chi connectivity index (χ3n) is 3.99. The quantitative estimate of drug-likeness (QED) is 0.698.